The van der Waals surface area contributed by atoms with Crippen LogP contribution in [0.3, 0.4) is 0 Å². The van der Waals surface area contributed by atoms with E-state index in [1.165, 1.54) is 72.1 Å². The number of anilines is 6. The summed E-state index contributed by atoms with van der Waals surface area (Å²) in [5, 5.41) is 11.1. The maximum Gasteiger partial charge on any atom is 0.164 e. The molecule has 0 fully saturated rings. The van der Waals surface area contributed by atoms with E-state index in [2.05, 4.69) is 390 Å². The molecule has 0 unspecified atom stereocenters. The zero-order valence-corrected chi connectivity index (χ0v) is 76.5. The van der Waals surface area contributed by atoms with Crippen molar-refractivity contribution in [2.75, 3.05) is 9.80 Å². The van der Waals surface area contributed by atoms with Gasteiger partial charge in [0.1, 0.15) is 55.8 Å². The van der Waals surface area contributed by atoms with Crippen LogP contribution < -0.4 is 9.80 Å². The topological polar surface area (TPSA) is 111 Å². The van der Waals surface area contributed by atoms with Gasteiger partial charge in [0, 0.05) is 116 Å². The molecule has 0 atom stereocenters. The van der Waals surface area contributed by atoms with Gasteiger partial charge in [0.25, 0.3) is 0 Å². The highest BCUT2D eigenvalue weighted by Gasteiger charge is 2.50. The predicted octanol–water partition coefficient (Wildman–Crippen LogP) is 34.4. The van der Waals surface area contributed by atoms with E-state index < -0.39 is 0 Å². The lowest BCUT2D eigenvalue weighted by Crippen LogP contribution is -2.43. The van der Waals surface area contributed by atoms with Crippen molar-refractivity contribution in [2.45, 2.75) is 116 Å². The number of hydrogen-bond acceptors (Lipinski definition) is 10. The van der Waals surface area contributed by atoms with Gasteiger partial charge in [0.15, 0.2) is 17.5 Å². The van der Waals surface area contributed by atoms with Crippen molar-refractivity contribution < 1.29 is 22.1 Å². The Morgan fingerprint density at radius 2 is 0.526 bits per heavy atom. The van der Waals surface area contributed by atoms with Crippen molar-refractivity contribution in [1.29, 1.82) is 0 Å². The van der Waals surface area contributed by atoms with E-state index in [1.807, 2.05) is 72.8 Å². The Bertz CT molecular complexity index is 8620. The second kappa shape index (κ2) is 30.0. The Morgan fingerprint density at radius 3 is 1.07 bits per heavy atom. The van der Waals surface area contributed by atoms with Crippen LogP contribution in [0.5, 0.6) is 0 Å². The van der Waals surface area contributed by atoms with Gasteiger partial charge in [-0.1, -0.05) is 295 Å². The van der Waals surface area contributed by atoms with Crippen molar-refractivity contribution in [3.8, 4) is 67.5 Å². The quantitative estimate of drug-likeness (QED) is 0.139. The standard InChI is InChI=1S/C45H33N3O2.C42H33NO2.C36H31NO/c1-44(2)33-18-10-8-15-28(33)29-22-24-37-39(40(29)45(44,3)4)32-25-27(21-23-35(32)50-37)42-46-41(26-13-6-5-7-14-26)47-43(48-42)31-17-12-20-36-38(31)30-16-9-11-19-34(30)49-36;1-41(2)35-16-10-8-14-29(35)32-25-40-34(24-36(32)42(41,3)4)33-22-27(19-21-38(33)45-40)43(26-12-6-5-7-13-26)28-18-20-31-30-15-9-11-17-37(30)44-39(31)23-28;1-35(2)31-18-12-11-17-27(31)28-23-34-30(22-32(28)36(35,3)4)29-21-26(19-20-33(29)38-34)37(24-13-7-5-8-14-24)25-15-9-6-10-16-25/h5-25H,1-4H3;5-25H,1-4H3;5-23H,1-4H3. The van der Waals surface area contributed by atoms with Crippen molar-refractivity contribution in [3.05, 3.63) is 403 Å². The van der Waals surface area contributed by atoms with Gasteiger partial charge in [-0.05, 0) is 245 Å². The maximum absolute atomic E-state index is 6.56. The van der Waals surface area contributed by atoms with Gasteiger partial charge in [0.05, 0.1) is 0 Å². The Labute approximate surface area is 772 Å². The van der Waals surface area contributed by atoms with Crippen LogP contribution >= 0.6 is 0 Å². The molecule has 10 nitrogen and oxygen atoms in total. The number of rotatable bonds is 9. The third-order valence-electron chi connectivity index (χ3n) is 30.9. The summed E-state index contributed by atoms with van der Waals surface area (Å²) in [7, 11) is 0. The summed E-state index contributed by atoms with van der Waals surface area (Å²) >= 11 is 0. The zero-order chi connectivity index (χ0) is 90.3. The van der Waals surface area contributed by atoms with Crippen LogP contribution in [0.2, 0.25) is 0 Å². The van der Waals surface area contributed by atoms with Gasteiger partial charge >= 0.3 is 0 Å². The second-order valence-corrected chi connectivity index (χ2v) is 39.3. The molecule has 26 rings (SSSR count). The molecule has 3 aliphatic rings. The molecule has 0 saturated carbocycles. The minimum absolute atomic E-state index is 0.00755. The molecule has 6 aromatic heterocycles. The van der Waals surface area contributed by atoms with E-state index in [4.69, 9.17) is 37.0 Å². The number of para-hydroxylation sites is 5. The normalized spacial score (nSPS) is 15.0. The summed E-state index contributed by atoms with van der Waals surface area (Å²) < 4.78 is 32.1. The molecule has 0 aliphatic heterocycles. The highest BCUT2D eigenvalue weighted by molar-refractivity contribution is 6.15. The van der Waals surface area contributed by atoms with E-state index >= 15 is 0 Å². The minimum Gasteiger partial charge on any atom is -0.456 e. The molecule has 644 valence electrons. The van der Waals surface area contributed by atoms with Crippen molar-refractivity contribution in [3.63, 3.8) is 0 Å². The first-order chi connectivity index (χ1) is 64.5. The van der Waals surface area contributed by atoms with Crippen LogP contribution in [0.15, 0.2) is 392 Å². The molecule has 0 saturated heterocycles. The van der Waals surface area contributed by atoms with Crippen LogP contribution in [-0.4, -0.2) is 15.0 Å². The molecule has 3 aliphatic carbocycles. The van der Waals surface area contributed by atoms with E-state index in [9.17, 15) is 0 Å². The van der Waals surface area contributed by atoms with Gasteiger partial charge in [0.2, 0.25) is 0 Å². The molecule has 0 N–H and O–H groups in total. The van der Waals surface area contributed by atoms with Crippen LogP contribution in [-0.2, 0) is 32.5 Å². The van der Waals surface area contributed by atoms with Crippen LogP contribution in [0.4, 0.5) is 34.1 Å². The first-order valence-corrected chi connectivity index (χ1v) is 46.2. The van der Waals surface area contributed by atoms with Gasteiger partial charge in [-0.15, -0.1) is 0 Å². The fourth-order valence-electron chi connectivity index (χ4n) is 21.8. The Kier molecular flexibility index (Phi) is 18.2. The average Bonchev–Trinajstić information content (AvgIpc) is 1.69. The monoisotopic (exact) mass is 1720 g/mol. The van der Waals surface area contributed by atoms with E-state index in [1.54, 1.807) is 0 Å². The highest BCUT2D eigenvalue weighted by atomic mass is 16.3. The lowest BCUT2D eigenvalue weighted by atomic mass is 9.55. The van der Waals surface area contributed by atoms with Crippen LogP contribution in [0.25, 0.3) is 177 Å². The van der Waals surface area contributed by atoms with Crippen LogP contribution in [0, 0.1) is 0 Å². The zero-order valence-electron chi connectivity index (χ0n) is 76.5. The molecule has 23 aromatic rings. The Balaban J connectivity index is 0.000000111. The van der Waals surface area contributed by atoms with Gasteiger partial charge in [-0.2, -0.15) is 0 Å². The molecule has 0 spiro atoms. The molecular formula is C123H97N5O5. The van der Waals surface area contributed by atoms with Gasteiger partial charge in [-0.25, -0.2) is 15.0 Å². The first-order valence-electron chi connectivity index (χ1n) is 46.2. The number of benzene rings is 17. The van der Waals surface area contributed by atoms with Gasteiger partial charge < -0.3 is 31.9 Å². The molecule has 0 amide bonds. The second-order valence-electron chi connectivity index (χ2n) is 39.3. The highest BCUT2D eigenvalue weighted by Crippen LogP contribution is 2.60. The van der Waals surface area contributed by atoms with E-state index in [0.29, 0.717) is 17.5 Å². The molecule has 0 bridgehead atoms. The summed E-state index contributed by atoms with van der Waals surface area (Å²) in [4.78, 5) is 19.9. The van der Waals surface area contributed by atoms with E-state index in [-0.39, 0.29) is 32.5 Å². The van der Waals surface area contributed by atoms with Crippen molar-refractivity contribution in [1.82, 2.24) is 15.0 Å². The fourth-order valence-corrected chi connectivity index (χ4v) is 21.8. The summed E-state index contributed by atoms with van der Waals surface area (Å²) in [6.07, 6.45) is 0. The van der Waals surface area contributed by atoms with Crippen LogP contribution in [0.1, 0.15) is 116 Å². The minimum atomic E-state index is -0.185. The largest absolute Gasteiger partial charge is 0.456 e. The SMILES string of the molecule is CC1(C)c2ccccc2-c2cc3oc4ccc(N(c5ccccc5)c5ccc6c(c5)oc5ccccc56)cc4c3cc2C1(C)C.CC1(C)c2ccccc2-c2cc3oc4ccc(N(c5ccccc5)c5ccccc5)cc4c3cc2C1(C)C.CC1(C)c2ccccc2-c2ccc3oc4ccc(-c5nc(-c6ccccc6)nc(-c6cccc7oc8ccccc8c67)n5)cc4c3c2C1(C)C. The molecule has 17 aromatic carbocycles. The molecule has 6 heterocycles. The molecule has 10 heteroatoms. The van der Waals surface area contributed by atoms with Crippen molar-refractivity contribution in [2.24, 2.45) is 0 Å². The smallest absolute Gasteiger partial charge is 0.164 e. The lowest BCUT2D eigenvalue weighted by Gasteiger charge is -2.48. The summed E-state index contributed by atoms with van der Waals surface area (Å²) in [5.74, 6) is 1.81. The predicted molar refractivity (Wildman–Crippen MR) is 549 cm³/mol. The number of furan rings is 5. The third kappa shape index (κ3) is 12.5. The maximum atomic E-state index is 6.56. The lowest BCUT2D eigenvalue weighted by molar-refractivity contribution is 0.299. The molecule has 133 heavy (non-hydrogen) atoms. The number of aromatic nitrogens is 3. The number of nitrogens with zero attached hydrogens (tertiary/aromatic N) is 5. The van der Waals surface area contributed by atoms with Gasteiger partial charge in [-0.3, -0.25) is 0 Å². The Hall–Kier alpha value is -15.7. The number of fused-ring (bicyclic) bond motifs is 25. The summed E-state index contributed by atoms with van der Waals surface area (Å²) in [6.45, 7) is 28.5. The third-order valence-corrected chi connectivity index (χ3v) is 30.9. The summed E-state index contributed by atoms with van der Waals surface area (Å²) in [6, 6.07) is 130. The number of hydrogen-bond donors (Lipinski definition) is 0. The molecular weight excluding hydrogens is 1630 g/mol. The van der Waals surface area contributed by atoms with Crippen molar-refractivity contribution >= 4 is 144 Å². The average molecular weight is 1730 g/mol. The first kappa shape index (κ1) is 80.6. The summed E-state index contributed by atoms with van der Waals surface area (Å²) in [5.41, 5.74) is 33.6. The van der Waals surface area contributed by atoms with E-state index in [0.717, 1.165) is 155 Å². The fraction of sp³-hybridized carbons (Fsp3) is 0.146. The Morgan fingerprint density at radius 1 is 0.180 bits per heavy atom. The molecule has 0 radical (unpaired) electrons.